The number of carbonyl (C=O) groups excluding carboxylic acids is 1. The van der Waals surface area contributed by atoms with Gasteiger partial charge in [0.15, 0.2) is 0 Å². The first-order valence-electron chi connectivity index (χ1n) is 7.93. The van der Waals surface area contributed by atoms with Crippen LogP contribution in [0.5, 0.6) is 0 Å². The highest BCUT2D eigenvalue weighted by molar-refractivity contribution is 5.74. The first kappa shape index (κ1) is 18.3. The van der Waals surface area contributed by atoms with Gasteiger partial charge in [-0.1, -0.05) is 6.07 Å². The van der Waals surface area contributed by atoms with Crippen molar-refractivity contribution in [3.63, 3.8) is 0 Å². The Hall–Kier alpha value is -3.03. The fourth-order valence-corrected chi connectivity index (χ4v) is 1.98. The fraction of sp³-hybridized carbons (Fsp3) is 0.353. The number of aromatic nitrogens is 2. The number of hydrogen-bond donors (Lipinski definition) is 4. The molecule has 25 heavy (non-hydrogen) atoms. The Morgan fingerprint density at radius 1 is 1.08 bits per heavy atom. The average Bonchev–Trinajstić information content (AvgIpc) is 2.53. The van der Waals surface area contributed by atoms with Crippen LogP contribution in [0, 0.1) is 0 Å². The van der Waals surface area contributed by atoms with Crippen molar-refractivity contribution in [3.05, 3.63) is 30.6 Å². The van der Waals surface area contributed by atoms with Gasteiger partial charge in [0.25, 0.3) is 0 Å². The van der Waals surface area contributed by atoms with Crippen LogP contribution >= 0.6 is 0 Å². The van der Waals surface area contributed by atoms with Crippen molar-refractivity contribution in [2.45, 2.75) is 26.4 Å². The standard InChI is InChI=1S/C17H24N6O2/c1-17(2,3)25-16(24)21-7-6-20-15-22-9-12(10-23-15)11-4-5-13(18)14(19)8-11/h4-5,8-10H,6-7,18-19H2,1-3H3,(H,21,24)(H,20,22,23). The van der Waals surface area contributed by atoms with Gasteiger partial charge in [-0.15, -0.1) is 0 Å². The summed E-state index contributed by atoms with van der Waals surface area (Å²) in [5.41, 5.74) is 13.8. The first-order chi connectivity index (χ1) is 11.7. The van der Waals surface area contributed by atoms with Crippen molar-refractivity contribution in [1.29, 1.82) is 0 Å². The number of hydrogen-bond acceptors (Lipinski definition) is 7. The van der Waals surface area contributed by atoms with E-state index < -0.39 is 11.7 Å². The zero-order valence-electron chi connectivity index (χ0n) is 14.7. The summed E-state index contributed by atoms with van der Waals surface area (Å²) in [5, 5.41) is 5.68. The van der Waals surface area contributed by atoms with Gasteiger partial charge in [-0.05, 0) is 38.5 Å². The van der Waals surface area contributed by atoms with Crippen LogP contribution in [0.1, 0.15) is 20.8 Å². The first-order valence-corrected chi connectivity index (χ1v) is 7.93. The van der Waals surface area contributed by atoms with E-state index in [9.17, 15) is 4.79 Å². The van der Waals surface area contributed by atoms with Crippen LogP contribution < -0.4 is 22.1 Å². The molecule has 0 aliphatic carbocycles. The monoisotopic (exact) mass is 344 g/mol. The third kappa shape index (κ3) is 5.83. The minimum Gasteiger partial charge on any atom is -0.444 e. The molecule has 0 saturated heterocycles. The summed E-state index contributed by atoms with van der Waals surface area (Å²) in [6.45, 7) is 6.32. The van der Waals surface area contributed by atoms with E-state index in [-0.39, 0.29) is 0 Å². The summed E-state index contributed by atoms with van der Waals surface area (Å²) in [5.74, 6) is 0.471. The largest absolute Gasteiger partial charge is 0.444 e. The summed E-state index contributed by atoms with van der Waals surface area (Å²) in [4.78, 5) is 20.0. The second-order valence-corrected chi connectivity index (χ2v) is 6.49. The molecule has 0 spiro atoms. The number of benzene rings is 1. The molecule has 1 heterocycles. The highest BCUT2D eigenvalue weighted by atomic mass is 16.6. The number of nitrogens with zero attached hydrogens (tertiary/aromatic N) is 2. The Labute approximate surface area is 147 Å². The number of nitrogen functional groups attached to an aromatic ring is 2. The molecule has 0 saturated carbocycles. The highest BCUT2D eigenvalue weighted by Gasteiger charge is 2.15. The maximum atomic E-state index is 11.5. The van der Waals surface area contributed by atoms with Gasteiger partial charge in [-0.2, -0.15) is 0 Å². The number of rotatable bonds is 5. The third-order valence-electron chi connectivity index (χ3n) is 3.15. The summed E-state index contributed by atoms with van der Waals surface area (Å²) in [6, 6.07) is 5.40. The van der Waals surface area contributed by atoms with Crippen molar-refractivity contribution in [2.24, 2.45) is 0 Å². The minimum atomic E-state index is -0.512. The van der Waals surface area contributed by atoms with E-state index >= 15 is 0 Å². The van der Waals surface area contributed by atoms with E-state index in [2.05, 4.69) is 20.6 Å². The molecule has 6 N–H and O–H groups in total. The van der Waals surface area contributed by atoms with Crippen LogP contribution in [0.3, 0.4) is 0 Å². The predicted octanol–water partition coefficient (Wildman–Crippen LogP) is 2.24. The molecule has 0 aliphatic rings. The Morgan fingerprint density at radius 3 is 2.36 bits per heavy atom. The van der Waals surface area contributed by atoms with Gasteiger partial charge in [0.05, 0.1) is 11.4 Å². The predicted molar refractivity (Wildman–Crippen MR) is 99.0 cm³/mol. The number of ether oxygens (including phenoxy) is 1. The van der Waals surface area contributed by atoms with E-state index in [1.165, 1.54) is 0 Å². The Bertz CT molecular complexity index is 725. The van der Waals surface area contributed by atoms with E-state index in [4.69, 9.17) is 16.2 Å². The second kappa shape index (κ2) is 7.69. The number of nitrogens with one attached hydrogen (secondary N) is 2. The SMILES string of the molecule is CC(C)(C)OC(=O)NCCNc1ncc(-c2ccc(N)c(N)c2)cn1. The van der Waals surface area contributed by atoms with E-state index in [0.717, 1.165) is 11.1 Å². The Kier molecular flexibility index (Phi) is 5.63. The van der Waals surface area contributed by atoms with Gasteiger partial charge < -0.3 is 26.8 Å². The maximum absolute atomic E-state index is 11.5. The number of nitrogens with two attached hydrogens (primary N) is 2. The van der Waals surface area contributed by atoms with Gasteiger partial charge in [0, 0.05) is 31.0 Å². The molecule has 134 valence electrons. The van der Waals surface area contributed by atoms with Gasteiger partial charge in [-0.3, -0.25) is 0 Å². The molecular weight excluding hydrogens is 320 g/mol. The summed E-state index contributed by atoms with van der Waals surface area (Å²) >= 11 is 0. The van der Waals surface area contributed by atoms with Crippen molar-refractivity contribution in [3.8, 4) is 11.1 Å². The normalized spacial score (nSPS) is 11.0. The zero-order chi connectivity index (χ0) is 18.4. The molecule has 1 aromatic carbocycles. The molecule has 0 fully saturated rings. The number of carbonyl (C=O) groups is 1. The second-order valence-electron chi connectivity index (χ2n) is 6.49. The van der Waals surface area contributed by atoms with Crippen LogP contribution in [-0.2, 0) is 4.74 Å². The lowest BCUT2D eigenvalue weighted by atomic mass is 10.1. The van der Waals surface area contributed by atoms with Gasteiger partial charge in [-0.25, -0.2) is 14.8 Å². The molecule has 0 bridgehead atoms. The lowest BCUT2D eigenvalue weighted by Crippen LogP contribution is -2.35. The minimum absolute atomic E-state index is 0.397. The van der Waals surface area contributed by atoms with Crippen LogP contribution in [-0.4, -0.2) is 34.8 Å². The fourth-order valence-electron chi connectivity index (χ4n) is 1.98. The molecular formula is C17H24N6O2. The molecule has 0 unspecified atom stereocenters. The number of amides is 1. The average molecular weight is 344 g/mol. The highest BCUT2D eigenvalue weighted by Crippen LogP contribution is 2.24. The van der Waals surface area contributed by atoms with Crippen molar-refractivity contribution < 1.29 is 9.53 Å². The molecule has 0 aliphatic heterocycles. The van der Waals surface area contributed by atoms with Crippen molar-refractivity contribution in [1.82, 2.24) is 15.3 Å². The summed E-state index contributed by atoms with van der Waals surface area (Å²) < 4.78 is 5.14. The zero-order valence-corrected chi connectivity index (χ0v) is 14.7. The van der Waals surface area contributed by atoms with Gasteiger partial charge in [0.1, 0.15) is 5.60 Å². The number of anilines is 3. The molecule has 2 aromatic rings. The Morgan fingerprint density at radius 2 is 1.76 bits per heavy atom. The molecule has 0 atom stereocenters. The summed E-state index contributed by atoms with van der Waals surface area (Å²) in [7, 11) is 0. The Balaban J connectivity index is 1.82. The third-order valence-corrected chi connectivity index (χ3v) is 3.15. The lowest BCUT2D eigenvalue weighted by Gasteiger charge is -2.19. The van der Waals surface area contributed by atoms with Crippen LogP contribution in [0.25, 0.3) is 11.1 Å². The van der Waals surface area contributed by atoms with Crippen LogP contribution in [0.15, 0.2) is 30.6 Å². The quantitative estimate of drug-likeness (QED) is 0.483. The van der Waals surface area contributed by atoms with Crippen LogP contribution in [0.4, 0.5) is 22.1 Å². The van der Waals surface area contributed by atoms with E-state index in [1.807, 2.05) is 26.8 Å². The molecule has 2 rings (SSSR count). The topological polar surface area (TPSA) is 128 Å². The van der Waals surface area contributed by atoms with Gasteiger partial charge >= 0.3 is 6.09 Å². The lowest BCUT2D eigenvalue weighted by molar-refractivity contribution is 0.0530. The van der Waals surface area contributed by atoms with Gasteiger partial charge in [0.2, 0.25) is 5.95 Å². The molecule has 1 amide bonds. The van der Waals surface area contributed by atoms with Crippen LogP contribution in [0.2, 0.25) is 0 Å². The molecule has 8 heteroatoms. The van der Waals surface area contributed by atoms with Crippen molar-refractivity contribution in [2.75, 3.05) is 29.9 Å². The van der Waals surface area contributed by atoms with Crippen molar-refractivity contribution >= 4 is 23.4 Å². The smallest absolute Gasteiger partial charge is 0.407 e. The van der Waals surface area contributed by atoms with E-state index in [0.29, 0.717) is 30.4 Å². The number of alkyl carbamates (subject to hydrolysis) is 1. The van der Waals surface area contributed by atoms with E-state index in [1.54, 1.807) is 24.5 Å². The molecule has 0 radical (unpaired) electrons. The summed E-state index contributed by atoms with van der Waals surface area (Å²) in [6.07, 6.45) is 2.94. The maximum Gasteiger partial charge on any atom is 0.407 e. The molecule has 8 nitrogen and oxygen atoms in total. The molecule has 1 aromatic heterocycles.